The molecular formula is C24H37IN4O3. The molecule has 3 rings (SSSR count). The fourth-order valence-electron chi connectivity index (χ4n) is 3.97. The van der Waals surface area contributed by atoms with Crippen LogP contribution in [0, 0.1) is 0 Å². The van der Waals surface area contributed by atoms with Crippen molar-refractivity contribution in [2.75, 3.05) is 46.9 Å². The fourth-order valence-corrected chi connectivity index (χ4v) is 3.97. The van der Waals surface area contributed by atoms with Gasteiger partial charge in [-0.25, -0.2) is 0 Å². The van der Waals surface area contributed by atoms with Crippen molar-refractivity contribution >= 4 is 29.9 Å². The van der Waals surface area contributed by atoms with E-state index >= 15 is 0 Å². The monoisotopic (exact) mass is 556 g/mol. The molecule has 2 aromatic rings. The van der Waals surface area contributed by atoms with Gasteiger partial charge in [0.05, 0.1) is 33.1 Å². The van der Waals surface area contributed by atoms with Gasteiger partial charge >= 0.3 is 0 Å². The fraction of sp³-hybridized carbons (Fsp3) is 0.542. The highest BCUT2D eigenvalue weighted by Gasteiger charge is 2.25. The van der Waals surface area contributed by atoms with E-state index in [0.717, 1.165) is 62.2 Å². The molecule has 2 heterocycles. The zero-order chi connectivity index (χ0) is 21.9. The quantitative estimate of drug-likeness (QED) is 0.187. The molecule has 0 spiro atoms. The van der Waals surface area contributed by atoms with E-state index in [-0.39, 0.29) is 30.0 Å². The van der Waals surface area contributed by atoms with Crippen LogP contribution in [0.1, 0.15) is 43.6 Å². The number of furan rings is 1. The number of rotatable bonds is 11. The molecule has 0 bridgehead atoms. The van der Waals surface area contributed by atoms with Crippen LogP contribution in [-0.2, 0) is 6.42 Å². The summed E-state index contributed by atoms with van der Waals surface area (Å²) in [5.41, 5.74) is 1.23. The summed E-state index contributed by atoms with van der Waals surface area (Å²) in [6, 6.07) is 10.3. The second-order valence-electron chi connectivity index (χ2n) is 7.71. The summed E-state index contributed by atoms with van der Waals surface area (Å²) in [4.78, 5) is 7.34. The molecule has 1 aromatic carbocycles. The zero-order valence-corrected chi connectivity index (χ0v) is 21.8. The molecule has 7 nitrogen and oxygen atoms in total. The SMILES string of the molecule is CCNC(=NCC(c1ccco1)N1CCCC1)NCCCc1ccc(OC)c(OC)c1.I. The third-order valence-corrected chi connectivity index (χ3v) is 5.60. The molecule has 0 radical (unpaired) electrons. The Hall–Kier alpha value is -1.94. The number of guanidine groups is 1. The molecule has 32 heavy (non-hydrogen) atoms. The Morgan fingerprint density at radius 2 is 1.91 bits per heavy atom. The van der Waals surface area contributed by atoms with Crippen molar-refractivity contribution < 1.29 is 13.9 Å². The van der Waals surface area contributed by atoms with Crippen molar-refractivity contribution in [2.24, 2.45) is 4.99 Å². The van der Waals surface area contributed by atoms with E-state index in [0.29, 0.717) is 6.54 Å². The van der Waals surface area contributed by atoms with Crippen molar-refractivity contribution in [2.45, 2.75) is 38.6 Å². The predicted molar refractivity (Wildman–Crippen MR) is 140 cm³/mol. The lowest BCUT2D eigenvalue weighted by atomic mass is 10.1. The van der Waals surface area contributed by atoms with E-state index in [4.69, 9.17) is 18.9 Å². The van der Waals surface area contributed by atoms with Gasteiger partial charge in [0.25, 0.3) is 0 Å². The van der Waals surface area contributed by atoms with Gasteiger partial charge in [-0.1, -0.05) is 6.07 Å². The summed E-state index contributed by atoms with van der Waals surface area (Å²) in [5.74, 6) is 3.38. The minimum absolute atomic E-state index is 0. The number of hydrogen-bond donors (Lipinski definition) is 2. The molecule has 8 heteroatoms. The van der Waals surface area contributed by atoms with E-state index in [1.165, 1.54) is 18.4 Å². The molecule has 1 atom stereocenters. The Kier molecular flexibility index (Phi) is 11.7. The molecule has 1 aliphatic heterocycles. The predicted octanol–water partition coefficient (Wildman–Crippen LogP) is 4.24. The van der Waals surface area contributed by atoms with Crippen LogP contribution < -0.4 is 20.1 Å². The smallest absolute Gasteiger partial charge is 0.191 e. The molecule has 178 valence electrons. The summed E-state index contributed by atoms with van der Waals surface area (Å²) >= 11 is 0. The lowest BCUT2D eigenvalue weighted by Crippen LogP contribution is -2.39. The highest BCUT2D eigenvalue weighted by molar-refractivity contribution is 14.0. The Balaban J connectivity index is 0.00000363. The standard InChI is InChI=1S/C24H36N4O3.HI/c1-4-25-24(26-13-7-9-19-11-12-22(29-2)23(17-19)30-3)27-18-20(21-10-8-16-31-21)28-14-5-6-15-28;/h8,10-12,16-17,20H,4-7,9,13-15,18H2,1-3H3,(H2,25,26,27);1H. The number of hydrogen-bond acceptors (Lipinski definition) is 5. The van der Waals surface area contributed by atoms with E-state index in [2.05, 4.69) is 34.6 Å². The number of methoxy groups -OCH3 is 2. The number of halogens is 1. The molecule has 1 unspecified atom stereocenters. The summed E-state index contributed by atoms with van der Waals surface area (Å²) < 4.78 is 16.4. The van der Waals surface area contributed by atoms with Gasteiger partial charge in [-0.2, -0.15) is 0 Å². The third-order valence-electron chi connectivity index (χ3n) is 5.60. The summed E-state index contributed by atoms with van der Waals surface area (Å²) in [6.45, 7) is 6.65. The lowest BCUT2D eigenvalue weighted by molar-refractivity contribution is 0.221. The summed E-state index contributed by atoms with van der Waals surface area (Å²) in [6.07, 6.45) is 6.19. The minimum Gasteiger partial charge on any atom is -0.493 e. The van der Waals surface area contributed by atoms with Gasteiger partial charge in [-0.15, -0.1) is 24.0 Å². The highest BCUT2D eigenvalue weighted by atomic mass is 127. The average Bonchev–Trinajstić information content (AvgIpc) is 3.51. The van der Waals surface area contributed by atoms with Crippen LogP contribution in [0.25, 0.3) is 0 Å². The van der Waals surface area contributed by atoms with Crippen LogP contribution in [0.2, 0.25) is 0 Å². The molecular weight excluding hydrogens is 519 g/mol. The zero-order valence-electron chi connectivity index (χ0n) is 19.4. The normalized spacial score (nSPS) is 15.2. The van der Waals surface area contributed by atoms with Crippen molar-refractivity contribution in [1.82, 2.24) is 15.5 Å². The summed E-state index contributed by atoms with van der Waals surface area (Å²) in [7, 11) is 3.32. The minimum atomic E-state index is 0. The van der Waals surface area contributed by atoms with Gasteiger partial charge in [0.1, 0.15) is 5.76 Å². The first-order chi connectivity index (χ1) is 15.2. The summed E-state index contributed by atoms with van der Waals surface area (Å²) in [5, 5.41) is 6.83. The molecule has 0 aliphatic carbocycles. The van der Waals surface area contributed by atoms with Crippen LogP contribution in [0.15, 0.2) is 46.0 Å². The maximum Gasteiger partial charge on any atom is 0.191 e. The number of aliphatic imine (C=N–C) groups is 1. The van der Waals surface area contributed by atoms with Crippen molar-refractivity contribution in [3.8, 4) is 11.5 Å². The molecule has 2 N–H and O–H groups in total. The van der Waals surface area contributed by atoms with E-state index in [1.54, 1.807) is 20.5 Å². The maximum atomic E-state index is 5.71. The van der Waals surface area contributed by atoms with Gasteiger partial charge in [0.15, 0.2) is 17.5 Å². The number of nitrogens with zero attached hydrogens (tertiary/aromatic N) is 2. The molecule has 1 saturated heterocycles. The first-order valence-corrected chi connectivity index (χ1v) is 11.3. The number of ether oxygens (including phenoxy) is 2. The Morgan fingerprint density at radius 3 is 2.56 bits per heavy atom. The number of likely N-dealkylation sites (tertiary alicyclic amines) is 1. The van der Waals surface area contributed by atoms with Gasteiger partial charge < -0.3 is 24.5 Å². The van der Waals surface area contributed by atoms with Gasteiger partial charge in [0, 0.05) is 13.1 Å². The second-order valence-corrected chi connectivity index (χ2v) is 7.71. The molecule has 1 aliphatic rings. The number of aryl methyl sites for hydroxylation is 1. The Morgan fingerprint density at radius 1 is 1.12 bits per heavy atom. The largest absolute Gasteiger partial charge is 0.493 e. The Bertz CT molecular complexity index is 808. The van der Waals surface area contributed by atoms with E-state index in [1.807, 2.05) is 18.2 Å². The number of benzene rings is 1. The molecule has 1 fully saturated rings. The van der Waals surface area contributed by atoms with Crippen molar-refractivity contribution in [3.05, 3.63) is 47.9 Å². The van der Waals surface area contributed by atoms with Crippen LogP contribution in [0.5, 0.6) is 11.5 Å². The maximum absolute atomic E-state index is 5.71. The van der Waals surface area contributed by atoms with Crippen LogP contribution in [-0.4, -0.2) is 57.8 Å². The van der Waals surface area contributed by atoms with Crippen LogP contribution >= 0.6 is 24.0 Å². The average molecular weight is 556 g/mol. The molecule has 1 aromatic heterocycles. The topological polar surface area (TPSA) is 71.3 Å². The number of nitrogens with one attached hydrogen (secondary N) is 2. The van der Waals surface area contributed by atoms with Crippen LogP contribution in [0.4, 0.5) is 0 Å². The second kappa shape index (κ2) is 14.3. The third kappa shape index (κ3) is 7.58. The van der Waals surface area contributed by atoms with Gasteiger partial charge in [-0.05, 0) is 75.5 Å². The lowest BCUT2D eigenvalue weighted by Gasteiger charge is -2.24. The Labute approximate surface area is 209 Å². The first kappa shape index (κ1) is 26.3. The van der Waals surface area contributed by atoms with E-state index in [9.17, 15) is 0 Å². The van der Waals surface area contributed by atoms with Gasteiger partial charge in [-0.3, -0.25) is 9.89 Å². The van der Waals surface area contributed by atoms with Gasteiger partial charge in [0.2, 0.25) is 0 Å². The van der Waals surface area contributed by atoms with E-state index < -0.39 is 0 Å². The first-order valence-electron chi connectivity index (χ1n) is 11.3. The molecule has 0 saturated carbocycles. The van der Waals surface area contributed by atoms with Crippen molar-refractivity contribution in [1.29, 1.82) is 0 Å². The molecule has 0 amide bonds. The van der Waals surface area contributed by atoms with Crippen molar-refractivity contribution in [3.63, 3.8) is 0 Å². The highest BCUT2D eigenvalue weighted by Crippen LogP contribution is 2.28. The van der Waals surface area contributed by atoms with Crippen LogP contribution in [0.3, 0.4) is 0 Å².